The van der Waals surface area contributed by atoms with Gasteiger partial charge in [-0.05, 0) is 48.8 Å². The number of hydrogen-bond acceptors (Lipinski definition) is 3. The molecule has 2 saturated heterocycles. The zero-order valence-corrected chi connectivity index (χ0v) is 15.3. The summed E-state index contributed by atoms with van der Waals surface area (Å²) in [7, 11) is 1.88. The van der Waals surface area contributed by atoms with Crippen molar-refractivity contribution in [2.75, 3.05) is 38.1 Å². The van der Waals surface area contributed by atoms with Crippen molar-refractivity contribution < 1.29 is 0 Å². The lowest BCUT2D eigenvalue weighted by Crippen LogP contribution is -2.48. The van der Waals surface area contributed by atoms with Gasteiger partial charge in [-0.3, -0.25) is 4.99 Å². The van der Waals surface area contributed by atoms with Gasteiger partial charge in [-0.25, -0.2) is 4.98 Å². The Balaban J connectivity index is 1.60. The first kappa shape index (κ1) is 17.1. The lowest BCUT2D eigenvalue weighted by Gasteiger charge is -2.37. The first-order chi connectivity index (χ1) is 11.7. The van der Waals surface area contributed by atoms with Crippen LogP contribution in [0.25, 0.3) is 0 Å². The third kappa shape index (κ3) is 4.19. The van der Waals surface area contributed by atoms with E-state index in [-0.39, 0.29) is 0 Å². The van der Waals surface area contributed by atoms with Gasteiger partial charge in [-0.15, -0.1) is 0 Å². The number of anilines is 1. The molecule has 2 atom stereocenters. The van der Waals surface area contributed by atoms with E-state index in [1.54, 1.807) is 0 Å². The van der Waals surface area contributed by atoms with Gasteiger partial charge in [0.25, 0.3) is 0 Å². The second-order valence-electron chi connectivity index (χ2n) is 7.47. The second kappa shape index (κ2) is 7.86. The summed E-state index contributed by atoms with van der Waals surface area (Å²) in [6.45, 7) is 9.93. The standard InChI is InChI=1S/C19H31N5/c1-15-10-16(2)14-24(13-15)19(20-3)22-12-17-6-7-21-18(11-17)23-8-4-5-9-23/h6-7,11,15-16H,4-5,8-10,12-14H2,1-3H3,(H,20,22). The van der Waals surface area contributed by atoms with E-state index in [0.29, 0.717) is 0 Å². The minimum absolute atomic E-state index is 0.731. The lowest BCUT2D eigenvalue weighted by atomic mass is 9.92. The Kier molecular flexibility index (Phi) is 5.59. The highest BCUT2D eigenvalue weighted by Crippen LogP contribution is 2.21. The molecule has 0 saturated carbocycles. The van der Waals surface area contributed by atoms with E-state index in [1.165, 1.54) is 24.8 Å². The van der Waals surface area contributed by atoms with Gasteiger partial charge in [-0.1, -0.05) is 13.8 Å². The molecule has 2 aliphatic heterocycles. The number of nitrogens with zero attached hydrogens (tertiary/aromatic N) is 4. The normalized spacial score (nSPS) is 25.2. The molecule has 3 rings (SSSR count). The quantitative estimate of drug-likeness (QED) is 0.684. The van der Waals surface area contributed by atoms with Crippen LogP contribution in [0.2, 0.25) is 0 Å². The minimum Gasteiger partial charge on any atom is -0.357 e. The summed E-state index contributed by atoms with van der Waals surface area (Å²) in [6, 6.07) is 4.31. The van der Waals surface area contributed by atoms with Crippen molar-refractivity contribution in [3.63, 3.8) is 0 Å². The molecule has 0 spiro atoms. The molecule has 5 heteroatoms. The third-order valence-corrected chi connectivity index (χ3v) is 5.07. The van der Waals surface area contributed by atoms with Crippen LogP contribution in [0.15, 0.2) is 23.3 Å². The average molecular weight is 329 g/mol. The molecule has 0 amide bonds. The Hall–Kier alpha value is -1.78. The maximum atomic E-state index is 4.54. The van der Waals surface area contributed by atoms with Crippen LogP contribution in [0.4, 0.5) is 5.82 Å². The Bertz CT molecular complexity index is 555. The fourth-order valence-electron chi connectivity index (χ4n) is 4.04. The highest BCUT2D eigenvalue weighted by Gasteiger charge is 2.24. The number of rotatable bonds is 3. The van der Waals surface area contributed by atoms with Gasteiger partial charge >= 0.3 is 0 Å². The number of likely N-dealkylation sites (tertiary alicyclic amines) is 1. The molecule has 3 heterocycles. The molecule has 1 aromatic heterocycles. The monoisotopic (exact) mass is 329 g/mol. The van der Waals surface area contributed by atoms with E-state index in [1.807, 2.05) is 13.2 Å². The molecule has 0 bridgehead atoms. The van der Waals surface area contributed by atoms with Crippen molar-refractivity contribution in [1.29, 1.82) is 0 Å². The van der Waals surface area contributed by atoms with Crippen LogP contribution < -0.4 is 10.2 Å². The molecule has 0 aromatic carbocycles. The van der Waals surface area contributed by atoms with Crippen LogP contribution in [-0.4, -0.2) is 49.1 Å². The van der Waals surface area contributed by atoms with Gasteiger partial charge in [0.05, 0.1) is 0 Å². The van der Waals surface area contributed by atoms with Crippen molar-refractivity contribution in [2.45, 2.75) is 39.7 Å². The number of aliphatic imine (C=N–C) groups is 1. The SMILES string of the molecule is CN=C(NCc1ccnc(N2CCCC2)c1)N1CC(C)CC(C)C1. The number of nitrogens with one attached hydrogen (secondary N) is 1. The summed E-state index contributed by atoms with van der Waals surface area (Å²) in [5, 5.41) is 3.54. The van der Waals surface area contributed by atoms with Crippen molar-refractivity contribution in [1.82, 2.24) is 15.2 Å². The van der Waals surface area contributed by atoms with E-state index in [4.69, 9.17) is 0 Å². The molecule has 0 radical (unpaired) electrons. The number of aromatic nitrogens is 1. The van der Waals surface area contributed by atoms with E-state index >= 15 is 0 Å². The molecule has 0 aliphatic carbocycles. The van der Waals surface area contributed by atoms with Gasteiger partial charge in [0.1, 0.15) is 5.82 Å². The maximum Gasteiger partial charge on any atom is 0.193 e. The Morgan fingerprint density at radius 2 is 1.96 bits per heavy atom. The van der Waals surface area contributed by atoms with E-state index in [2.05, 4.69) is 51.1 Å². The molecular weight excluding hydrogens is 298 g/mol. The van der Waals surface area contributed by atoms with Gasteiger partial charge in [0.15, 0.2) is 5.96 Å². The summed E-state index contributed by atoms with van der Waals surface area (Å²) in [5.41, 5.74) is 1.27. The second-order valence-corrected chi connectivity index (χ2v) is 7.47. The van der Waals surface area contributed by atoms with Crippen LogP contribution in [0.1, 0.15) is 38.7 Å². The van der Waals surface area contributed by atoms with E-state index in [9.17, 15) is 0 Å². The minimum atomic E-state index is 0.731. The smallest absolute Gasteiger partial charge is 0.193 e. The van der Waals surface area contributed by atoms with Crippen LogP contribution in [0, 0.1) is 11.8 Å². The number of pyridine rings is 1. The summed E-state index contributed by atoms with van der Waals surface area (Å²) in [4.78, 5) is 13.8. The fraction of sp³-hybridized carbons (Fsp3) is 0.684. The third-order valence-electron chi connectivity index (χ3n) is 5.07. The van der Waals surface area contributed by atoms with Gasteiger partial charge < -0.3 is 15.1 Å². The van der Waals surface area contributed by atoms with Crippen LogP contribution >= 0.6 is 0 Å². The summed E-state index contributed by atoms with van der Waals surface area (Å²) in [6.07, 6.45) is 5.81. The first-order valence-electron chi connectivity index (χ1n) is 9.31. The van der Waals surface area contributed by atoms with Gasteiger partial charge in [-0.2, -0.15) is 0 Å². The zero-order valence-electron chi connectivity index (χ0n) is 15.3. The van der Waals surface area contributed by atoms with Crippen LogP contribution in [-0.2, 0) is 6.54 Å². The molecule has 24 heavy (non-hydrogen) atoms. The molecule has 132 valence electrons. The largest absolute Gasteiger partial charge is 0.357 e. The molecular formula is C19H31N5. The van der Waals surface area contributed by atoms with Crippen molar-refractivity contribution in [3.8, 4) is 0 Å². The van der Waals surface area contributed by atoms with Crippen molar-refractivity contribution in [3.05, 3.63) is 23.9 Å². The van der Waals surface area contributed by atoms with E-state index < -0.39 is 0 Å². The summed E-state index contributed by atoms with van der Waals surface area (Å²) in [5.74, 6) is 3.60. The molecule has 5 nitrogen and oxygen atoms in total. The Morgan fingerprint density at radius 1 is 1.25 bits per heavy atom. The highest BCUT2D eigenvalue weighted by atomic mass is 15.3. The van der Waals surface area contributed by atoms with Crippen LogP contribution in [0.3, 0.4) is 0 Å². The topological polar surface area (TPSA) is 43.8 Å². The lowest BCUT2D eigenvalue weighted by molar-refractivity contribution is 0.208. The molecule has 1 N–H and O–H groups in total. The van der Waals surface area contributed by atoms with Crippen LogP contribution in [0.5, 0.6) is 0 Å². The summed E-state index contributed by atoms with van der Waals surface area (Å²) < 4.78 is 0. The first-order valence-corrected chi connectivity index (χ1v) is 9.31. The number of guanidine groups is 1. The molecule has 2 unspecified atom stereocenters. The number of hydrogen-bond donors (Lipinski definition) is 1. The van der Waals surface area contributed by atoms with E-state index in [0.717, 1.165) is 56.3 Å². The van der Waals surface area contributed by atoms with Crippen molar-refractivity contribution in [2.24, 2.45) is 16.8 Å². The average Bonchev–Trinajstić information content (AvgIpc) is 3.09. The summed E-state index contributed by atoms with van der Waals surface area (Å²) >= 11 is 0. The zero-order chi connectivity index (χ0) is 16.9. The fourth-order valence-corrected chi connectivity index (χ4v) is 4.04. The van der Waals surface area contributed by atoms with Crippen molar-refractivity contribution >= 4 is 11.8 Å². The predicted octanol–water partition coefficient (Wildman–Crippen LogP) is 2.74. The predicted molar refractivity (Wildman–Crippen MR) is 100 cm³/mol. The van der Waals surface area contributed by atoms with Gasteiger partial charge in [0, 0.05) is 46.0 Å². The molecule has 2 aliphatic rings. The Labute approximate surface area is 146 Å². The number of piperidine rings is 1. The maximum absolute atomic E-state index is 4.54. The van der Waals surface area contributed by atoms with Gasteiger partial charge in [0.2, 0.25) is 0 Å². The highest BCUT2D eigenvalue weighted by molar-refractivity contribution is 5.80. The molecule has 2 fully saturated rings. The Morgan fingerprint density at radius 3 is 2.62 bits per heavy atom. The molecule has 1 aromatic rings.